The van der Waals surface area contributed by atoms with Gasteiger partial charge in [0.15, 0.2) is 0 Å². The van der Waals surface area contributed by atoms with E-state index in [2.05, 4.69) is 5.32 Å². The number of amides is 1. The van der Waals surface area contributed by atoms with Crippen molar-refractivity contribution in [2.24, 2.45) is 5.41 Å². The molecule has 1 saturated heterocycles. The van der Waals surface area contributed by atoms with Crippen molar-refractivity contribution in [1.82, 2.24) is 5.32 Å². The van der Waals surface area contributed by atoms with E-state index < -0.39 is 23.4 Å². The number of carboxylic acid groups (broad SMARTS) is 1. The number of hydrogen-bond acceptors (Lipinski definition) is 8. The zero-order chi connectivity index (χ0) is 19.6. The number of unbranched alkanes of at least 4 members (excludes halogenated alkanes) is 1. The number of carbonyl (C=O) groups excluding carboxylic acids is 3. The highest BCUT2D eigenvalue weighted by atomic mass is 33.1. The van der Waals surface area contributed by atoms with Gasteiger partial charge in [-0.25, -0.2) is 0 Å². The fourth-order valence-corrected chi connectivity index (χ4v) is 5.39. The molecule has 1 aliphatic heterocycles. The average molecular weight is 407 g/mol. The number of aliphatic hydroxyl groups excluding tert-OH is 1. The minimum Gasteiger partial charge on any atom is -0.550 e. The van der Waals surface area contributed by atoms with Crippen LogP contribution >= 0.6 is 21.6 Å². The molecule has 150 valence electrons. The average Bonchev–Trinajstić information content (AvgIpc) is 3.09. The Bertz CT molecular complexity index is 480. The summed E-state index contributed by atoms with van der Waals surface area (Å²) in [6, 6.07) is 0. The molecule has 0 aliphatic carbocycles. The van der Waals surface area contributed by atoms with Gasteiger partial charge in [0.05, 0.1) is 6.61 Å². The van der Waals surface area contributed by atoms with Crippen LogP contribution in [0, 0.1) is 5.41 Å². The molecule has 0 saturated carbocycles. The highest BCUT2D eigenvalue weighted by Crippen LogP contribution is 2.39. The lowest BCUT2D eigenvalue weighted by Crippen LogP contribution is -2.47. The maximum atomic E-state index is 11.8. The van der Waals surface area contributed by atoms with Crippen molar-refractivity contribution < 1.29 is 29.3 Å². The first-order valence-corrected chi connectivity index (χ1v) is 11.2. The monoisotopic (exact) mass is 406 g/mol. The Morgan fingerprint density at radius 1 is 1.31 bits per heavy atom. The molecule has 0 aromatic carbocycles. The number of aliphatic carboxylic acids is 1. The molecule has 9 heteroatoms. The van der Waals surface area contributed by atoms with Gasteiger partial charge in [-0.3, -0.25) is 9.59 Å². The van der Waals surface area contributed by atoms with Gasteiger partial charge >= 0.3 is 5.97 Å². The van der Waals surface area contributed by atoms with Crippen molar-refractivity contribution in [3.05, 3.63) is 0 Å². The van der Waals surface area contributed by atoms with E-state index in [1.165, 1.54) is 12.2 Å². The molecule has 0 unspecified atom stereocenters. The zero-order valence-electron chi connectivity index (χ0n) is 15.3. The van der Waals surface area contributed by atoms with Crippen LogP contribution in [0.2, 0.25) is 0 Å². The number of nitrogens with one attached hydrogen (secondary N) is 1. The highest BCUT2D eigenvalue weighted by Gasteiger charge is 2.34. The molecule has 0 aromatic rings. The molecule has 1 heterocycles. The van der Waals surface area contributed by atoms with Crippen LogP contribution in [0.3, 0.4) is 0 Å². The minimum atomic E-state index is -1.41. The standard InChI is InChI=1S/C17H29NO6S2/c1-17(2,15(22)16(23)18-9-7-13(19)20)11-24-14(21)6-4-3-5-12-8-10-25-26-12/h12,15,22H,3-11H2,1-2H3,(H,18,23)(H,19,20)/p-1/t12-,15+/m1/s1. The largest absolute Gasteiger partial charge is 0.550 e. The molecule has 1 amide bonds. The van der Waals surface area contributed by atoms with Gasteiger partial charge in [0.2, 0.25) is 5.91 Å². The molecule has 0 aromatic heterocycles. The third-order valence-electron chi connectivity index (χ3n) is 4.11. The Kier molecular flexibility index (Phi) is 10.4. The predicted octanol–water partition coefficient (Wildman–Crippen LogP) is 0.887. The quantitative estimate of drug-likeness (QED) is 0.279. The predicted molar refractivity (Wildman–Crippen MR) is 100 cm³/mol. The minimum absolute atomic E-state index is 0.0873. The lowest BCUT2D eigenvalue weighted by molar-refractivity contribution is -0.305. The van der Waals surface area contributed by atoms with Gasteiger partial charge in [-0.1, -0.05) is 41.9 Å². The number of carboxylic acids is 1. The van der Waals surface area contributed by atoms with Gasteiger partial charge in [0.25, 0.3) is 0 Å². The van der Waals surface area contributed by atoms with Crippen LogP contribution < -0.4 is 10.4 Å². The summed E-state index contributed by atoms with van der Waals surface area (Å²) >= 11 is 0. The summed E-state index contributed by atoms with van der Waals surface area (Å²) in [4.78, 5) is 34.0. The van der Waals surface area contributed by atoms with Gasteiger partial charge in [0.1, 0.15) is 6.10 Å². The molecule has 1 aliphatic rings. The second-order valence-electron chi connectivity index (χ2n) is 7.04. The molecule has 0 radical (unpaired) electrons. The van der Waals surface area contributed by atoms with Crippen LogP contribution in [-0.4, -0.2) is 53.2 Å². The summed E-state index contributed by atoms with van der Waals surface area (Å²) in [6.45, 7) is 3.01. The summed E-state index contributed by atoms with van der Waals surface area (Å²) in [7, 11) is 3.83. The molecule has 7 nitrogen and oxygen atoms in total. The lowest BCUT2D eigenvalue weighted by atomic mass is 9.87. The number of esters is 1. The van der Waals surface area contributed by atoms with Gasteiger partial charge in [-0.2, -0.15) is 0 Å². The first-order chi connectivity index (χ1) is 12.2. The van der Waals surface area contributed by atoms with Crippen LogP contribution in [0.5, 0.6) is 0 Å². The number of rotatable bonds is 12. The number of hydrogen-bond donors (Lipinski definition) is 2. The SMILES string of the molecule is CC(C)(COC(=O)CCCC[C@@H]1CCSS1)[C@@H](O)C(=O)NCCC(=O)[O-]. The van der Waals surface area contributed by atoms with E-state index in [1.54, 1.807) is 13.8 Å². The van der Waals surface area contributed by atoms with Crippen molar-refractivity contribution in [1.29, 1.82) is 0 Å². The molecule has 2 N–H and O–H groups in total. The molecule has 0 spiro atoms. The number of aliphatic hydroxyl groups is 1. The summed E-state index contributed by atoms with van der Waals surface area (Å²) in [5.74, 6) is -1.11. The lowest BCUT2D eigenvalue weighted by Gasteiger charge is -2.29. The topological polar surface area (TPSA) is 116 Å². The number of ether oxygens (including phenoxy) is 1. The first-order valence-electron chi connectivity index (χ1n) is 8.82. The Morgan fingerprint density at radius 3 is 2.65 bits per heavy atom. The summed E-state index contributed by atoms with van der Waals surface area (Å²) in [5, 5.41) is 23.4. The Hall–Kier alpha value is -0.930. The van der Waals surface area contributed by atoms with Gasteiger partial charge in [-0.15, -0.1) is 0 Å². The number of carbonyl (C=O) groups is 3. The van der Waals surface area contributed by atoms with Crippen molar-refractivity contribution >= 4 is 39.4 Å². The van der Waals surface area contributed by atoms with Gasteiger partial charge in [0, 0.05) is 41.8 Å². The third kappa shape index (κ3) is 9.14. The molecule has 2 atom stereocenters. The maximum absolute atomic E-state index is 11.8. The normalized spacial score (nSPS) is 18.3. The van der Waals surface area contributed by atoms with E-state index in [9.17, 15) is 24.6 Å². The van der Waals surface area contributed by atoms with Crippen LogP contribution in [0.25, 0.3) is 0 Å². The summed E-state index contributed by atoms with van der Waals surface area (Å²) < 4.78 is 5.20. The van der Waals surface area contributed by atoms with E-state index in [-0.39, 0.29) is 25.5 Å². The fraction of sp³-hybridized carbons (Fsp3) is 0.824. The Balaban J connectivity index is 2.21. The van der Waals surface area contributed by atoms with E-state index in [1.807, 2.05) is 21.6 Å². The molecule has 0 bridgehead atoms. The van der Waals surface area contributed by atoms with E-state index in [0.29, 0.717) is 11.7 Å². The van der Waals surface area contributed by atoms with Crippen molar-refractivity contribution in [2.75, 3.05) is 18.9 Å². The van der Waals surface area contributed by atoms with Crippen molar-refractivity contribution in [3.8, 4) is 0 Å². The summed E-state index contributed by atoms with van der Waals surface area (Å²) in [5.41, 5.74) is -0.973. The Morgan fingerprint density at radius 2 is 2.04 bits per heavy atom. The first kappa shape index (κ1) is 23.1. The maximum Gasteiger partial charge on any atom is 0.305 e. The summed E-state index contributed by atoms with van der Waals surface area (Å²) in [6.07, 6.45) is 2.69. The molecular formula is C17H28NO6S2-. The fourth-order valence-electron chi connectivity index (χ4n) is 2.36. The van der Waals surface area contributed by atoms with Gasteiger partial charge < -0.3 is 25.1 Å². The van der Waals surface area contributed by atoms with Crippen LogP contribution in [-0.2, 0) is 19.1 Å². The molecule has 1 fully saturated rings. The van der Waals surface area contributed by atoms with Crippen LogP contribution in [0.1, 0.15) is 52.4 Å². The third-order valence-corrected chi connectivity index (χ3v) is 7.11. The second kappa shape index (κ2) is 11.7. The van der Waals surface area contributed by atoms with Crippen molar-refractivity contribution in [2.45, 2.75) is 63.7 Å². The molecule has 26 heavy (non-hydrogen) atoms. The van der Waals surface area contributed by atoms with Gasteiger partial charge in [-0.05, 0) is 19.3 Å². The van der Waals surface area contributed by atoms with Crippen molar-refractivity contribution in [3.63, 3.8) is 0 Å². The van der Waals surface area contributed by atoms with Crippen LogP contribution in [0.15, 0.2) is 0 Å². The highest BCUT2D eigenvalue weighted by molar-refractivity contribution is 8.77. The Labute approximate surface area is 162 Å². The molecule has 1 rings (SSSR count). The second-order valence-corrected chi connectivity index (χ2v) is 9.83. The zero-order valence-corrected chi connectivity index (χ0v) is 17.0. The smallest absolute Gasteiger partial charge is 0.305 e. The van der Waals surface area contributed by atoms with E-state index in [4.69, 9.17) is 4.74 Å². The van der Waals surface area contributed by atoms with Crippen LogP contribution in [0.4, 0.5) is 0 Å². The molecular weight excluding hydrogens is 378 g/mol. The van der Waals surface area contributed by atoms with E-state index in [0.717, 1.165) is 19.3 Å². The van der Waals surface area contributed by atoms with E-state index >= 15 is 0 Å².